The quantitative estimate of drug-likeness (QED) is 0.693. The normalized spacial score (nSPS) is 12.8. The molecule has 6 nitrogen and oxygen atoms in total. The van der Waals surface area contributed by atoms with E-state index >= 15 is 0 Å². The molecule has 1 atom stereocenters. The number of carbonyl (C=O) groups excluding carboxylic acids is 1. The van der Waals surface area contributed by atoms with E-state index in [4.69, 9.17) is 5.73 Å². The molecule has 0 fully saturated rings. The highest BCUT2D eigenvalue weighted by molar-refractivity contribution is 5.97. The number of nitrogens with two attached hydrogens (primary N) is 1. The maximum absolute atomic E-state index is 11.9. The lowest BCUT2D eigenvalue weighted by Crippen LogP contribution is -2.35. The van der Waals surface area contributed by atoms with Crippen molar-refractivity contribution in [3.63, 3.8) is 0 Å². The average molecular weight is 240 g/mol. The van der Waals surface area contributed by atoms with Gasteiger partial charge in [0.15, 0.2) is 0 Å². The molecule has 1 heterocycles. The zero-order valence-electron chi connectivity index (χ0n) is 10.7. The van der Waals surface area contributed by atoms with Gasteiger partial charge in [0.05, 0.1) is 17.5 Å². The van der Waals surface area contributed by atoms with Crippen LogP contribution in [0.5, 0.6) is 0 Å². The van der Waals surface area contributed by atoms with Gasteiger partial charge in [-0.2, -0.15) is 5.10 Å². The van der Waals surface area contributed by atoms with Gasteiger partial charge in [-0.25, -0.2) is 0 Å². The molecule has 6 heteroatoms. The van der Waals surface area contributed by atoms with Crippen LogP contribution < -0.4 is 11.1 Å². The Bertz CT molecular complexity index is 412. The van der Waals surface area contributed by atoms with E-state index in [1.165, 1.54) is 4.68 Å². The Labute approximate surface area is 101 Å². The molecule has 1 unspecified atom stereocenters. The van der Waals surface area contributed by atoms with Crippen LogP contribution >= 0.6 is 0 Å². The van der Waals surface area contributed by atoms with Crippen LogP contribution in [-0.2, 0) is 7.05 Å². The average Bonchev–Trinajstić information content (AvgIpc) is 2.49. The second-order valence-corrected chi connectivity index (χ2v) is 4.49. The second kappa shape index (κ2) is 5.18. The van der Waals surface area contributed by atoms with E-state index in [-0.39, 0.29) is 18.4 Å². The summed E-state index contributed by atoms with van der Waals surface area (Å²) in [6, 6.07) is 0. The number of aromatic nitrogens is 2. The number of hydrogen-bond donors (Lipinski definition) is 3. The Kier molecular flexibility index (Phi) is 4.11. The number of aliphatic hydroxyl groups excluding tert-OH is 1. The first kappa shape index (κ1) is 13.5. The number of rotatable bonds is 4. The molecule has 1 rings (SSSR count). The van der Waals surface area contributed by atoms with Crippen molar-refractivity contribution in [2.75, 3.05) is 12.3 Å². The third kappa shape index (κ3) is 2.97. The monoisotopic (exact) mass is 240 g/mol. The molecule has 0 spiro atoms. The molecule has 0 saturated heterocycles. The van der Waals surface area contributed by atoms with Crippen LogP contribution in [0.3, 0.4) is 0 Å². The van der Waals surface area contributed by atoms with Crippen LogP contribution in [0.15, 0.2) is 0 Å². The number of nitrogen functional groups attached to an aromatic ring is 1. The smallest absolute Gasteiger partial charge is 0.271 e. The first-order valence-electron chi connectivity index (χ1n) is 5.60. The summed E-state index contributed by atoms with van der Waals surface area (Å²) in [5.41, 5.74) is 7.10. The maximum Gasteiger partial charge on any atom is 0.271 e. The summed E-state index contributed by atoms with van der Waals surface area (Å²) >= 11 is 0. The van der Waals surface area contributed by atoms with Crippen molar-refractivity contribution >= 4 is 11.6 Å². The Morgan fingerprint density at radius 2 is 2.18 bits per heavy atom. The molecule has 0 radical (unpaired) electrons. The van der Waals surface area contributed by atoms with Crippen LogP contribution in [0.2, 0.25) is 0 Å². The van der Waals surface area contributed by atoms with Gasteiger partial charge < -0.3 is 16.2 Å². The van der Waals surface area contributed by atoms with Crippen molar-refractivity contribution in [2.45, 2.75) is 26.9 Å². The fraction of sp³-hybridized carbons (Fsp3) is 0.636. The molecule has 4 N–H and O–H groups in total. The highest BCUT2D eigenvalue weighted by Gasteiger charge is 2.19. The van der Waals surface area contributed by atoms with Crippen LogP contribution in [0.4, 0.5) is 5.69 Å². The number of nitrogens with one attached hydrogen (secondary N) is 1. The summed E-state index contributed by atoms with van der Waals surface area (Å²) in [6.07, 6.45) is -0.561. The molecule has 96 valence electrons. The predicted octanol–water partition coefficient (Wildman–Crippen LogP) is 0.0574. The molecule has 0 aliphatic rings. The highest BCUT2D eigenvalue weighted by Crippen LogP contribution is 2.14. The topological polar surface area (TPSA) is 93.2 Å². The molecule has 0 saturated carbocycles. The van der Waals surface area contributed by atoms with Crippen LogP contribution in [0.25, 0.3) is 0 Å². The lowest BCUT2D eigenvalue weighted by molar-refractivity contribution is 0.0864. The second-order valence-electron chi connectivity index (χ2n) is 4.49. The van der Waals surface area contributed by atoms with E-state index in [1.54, 1.807) is 14.0 Å². The van der Waals surface area contributed by atoms with E-state index in [9.17, 15) is 9.90 Å². The lowest BCUT2D eigenvalue weighted by Gasteiger charge is -2.15. The van der Waals surface area contributed by atoms with Gasteiger partial charge in [0, 0.05) is 13.6 Å². The van der Waals surface area contributed by atoms with Gasteiger partial charge in [-0.15, -0.1) is 0 Å². The van der Waals surface area contributed by atoms with Gasteiger partial charge in [-0.3, -0.25) is 9.48 Å². The molecule has 0 aliphatic heterocycles. The van der Waals surface area contributed by atoms with Gasteiger partial charge in [-0.1, -0.05) is 13.8 Å². The summed E-state index contributed by atoms with van der Waals surface area (Å²) in [5, 5.41) is 16.3. The Hall–Kier alpha value is -1.56. The summed E-state index contributed by atoms with van der Waals surface area (Å²) in [6.45, 7) is 5.73. The maximum atomic E-state index is 11.9. The zero-order valence-corrected chi connectivity index (χ0v) is 10.7. The zero-order chi connectivity index (χ0) is 13.2. The molecule has 0 bridgehead atoms. The van der Waals surface area contributed by atoms with Crippen LogP contribution in [0, 0.1) is 12.8 Å². The number of carbonyl (C=O) groups is 1. The predicted molar refractivity (Wildman–Crippen MR) is 65.5 cm³/mol. The van der Waals surface area contributed by atoms with Crippen molar-refractivity contribution in [3.05, 3.63) is 11.4 Å². The fourth-order valence-corrected chi connectivity index (χ4v) is 1.46. The molecule has 0 aliphatic carbocycles. The number of aryl methyl sites for hydroxylation is 2. The summed E-state index contributed by atoms with van der Waals surface area (Å²) in [4.78, 5) is 11.9. The highest BCUT2D eigenvalue weighted by atomic mass is 16.3. The molecular weight excluding hydrogens is 220 g/mol. The minimum atomic E-state index is -0.561. The van der Waals surface area contributed by atoms with Crippen molar-refractivity contribution in [2.24, 2.45) is 13.0 Å². The summed E-state index contributed by atoms with van der Waals surface area (Å²) in [7, 11) is 1.66. The van der Waals surface area contributed by atoms with Crippen LogP contribution in [0.1, 0.15) is 30.0 Å². The van der Waals surface area contributed by atoms with Crippen LogP contribution in [-0.4, -0.2) is 33.4 Å². The Balaban J connectivity index is 2.71. The van der Waals surface area contributed by atoms with E-state index in [0.717, 1.165) is 0 Å². The number of nitrogens with zero attached hydrogens (tertiary/aromatic N) is 2. The van der Waals surface area contributed by atoms with E-state index in [2.05, 4.69) is 10.4 Å². The van der Waals surface area contributed by atoms with Gasteiger partial charge >= 0.3 is 0 Å². The summed E-state index contributed by atoms with van der Waals surface area (Å²) < 4.78 is 1.45. The van der Waals surface area contributed by atoms with Crippen molar-refractivity contribution < 1.29 is 9.90 Å². The lowest BCUT2D eigenvalue weighted by atomic mass is 10.1. The molecular formula is C11H20N4O2. The van der Waals surface area contributed by atoms with Gasteiger partial charge in [0.1, 0.15) is 5.69 Å². The Morgan fingerprint density at radius 1 is 1.59 bits per heavy atom. The standard InChI is InChI=1S/C11H20N4O2/c1-6(2)8(16)5-13-11(17)10-9(12)7(3)14-15(10)4/h6,8,16H,5,12H2,1-4H3,(H,13,17). The number of anilines is 1. The van der Waals surface area contributed by atoms with Gasteiger partial charge in [0.2, 0.25) is 0 Å². The molecule has 1 aromatic rings. The summed E-state index contributed by atoms with van der Waals surface area (Å²) in [5.74, 6) is -0.216. The first-order chi connectivity index (χ1) is 7.84. The third-order valence-electron chi connectivity index (χ3n) is 2.72. The van der Waals surface area contributed by atoms with Crippen molar-refractivity contribution in [1.82, 2.24) is 15.1 Å². The number of hydrogen-bond acceptors (Lipinski definition) is 4. The molecule has 1 amide bonds. The van der Waals surface area contributed by atoms with Crippen molar-refractivity contribution in [3.8, 4) is 0 Å². The van der Waals surface area contributed by atoms with Gasteiger partial charge in [0.25, 0.3) is 5.91 Å². The minimum Gasteiger partial charge on any atom is -0.395 e. The van der Waals surface area contributed by atoms with E-state index < -0.39 is 6.10 Å². The largest absolute Gasteiger partial charge is 0.395 e. The van der Waals surface area contributed by atoms with Gasteiger partial charge in [-0.05, 0) is 12.8 Å². The molecule has 0 aromatic carbocycles. The number of amides is 1. The minimum absolute atomic E-state index is 0.0981. The third-order valence-corrected chi connectivity index (χ3v) is 2.72. The SMILES string of the molecule is Cc1nn(C)c(C(=O)NCC(O)C(C)C)c1N. The fourth-order valence-electron chi connectivity index (χ4n) is 1.46. The Morgan fingerprint density at radius 3 is 2.59 bits per heavy atom. The molecule has 17 heavy (non-hydrogen) atoms. The van der Waals surface area contributed by atoms with E-state index in [0.29, 0.717) is 17.1 Å². The first-order valence-corrected chi connectivity index (χ1v) is 5.60. The molecule has 1 aromatic heterocycles. The van der Waals surface area contributed by atoms with E-state index in [1.807, 2.05) is 13.8 Å². The van der Waals surface area contributed by atoms with Crippen molar-refractivity contribution in [1.29, 1.82) is 0 Å². The number of aliphatic hydroxyl groups is 1.